The Labute approximate surface area is 188 Å². The second-order valence-electron chi connectivity index (χ2n) is 7.61. The number of amides is 1. The highest BCUT2D eigenvalue weighted by molar-refractivity contribution is 5.93. The molecular formula is C24H20FN7O. The number of anilines is 2. The van der Waals surface area contributed by atoms with Crippen molar-refractivity contribution in [1.82, 2.24) is 24.3 Å². The van der Waals surface area contributed by atoms with Crippen molar-refractivity contribution in [3.8, 4) is 11.5 Å². The minimum Gasteiger partial charge on any atom is -0.366 e. The molecule has 8 nitrogen and oxygen atoms in total. The van der Waals surface area contributed by atoms with Crippen LogP contribution < -0.4 is 21.6 Å². The zero-order valence-electron chi connectivity index (χ0n) is 17.7. The number of carbonyl (C=O) groups is 1. The van der Waals surface area contributed by atoms with Crippen molar-refractivity contribution in [3.63, 3.8) is 0 Å². The number of benzene rings is 1. The van der Waals surface area contributed by atoms with E-state index in [0.29, 0.717) is 28.2 Å². The lowest BCUT2D eigenvalue weighted by Crippen LogP contribution is -2.32. The fourth-order valence-corrected chi connectivity index (χ4v) is 3.71. The molecule has 164 valence electrons. The molecule has 0 saturated heterocycles. The number of hydrogen-bond acceptors (Lipinski definition) is 5. The number of hydrogen-bond donors (Lipinski definition) is 2. The second kappa shape index (κ2) is 8.19. The first-order valence-electron chi connectivity index (χ1n) is 10.3. The van der Waals surface area contributed by atoms with Crippen molar-refractivity contribution < 1.29 is 9.18 Å². The van der Waals surface area contributed by atoms with Gasteiger partial charge in [-0.15, -0.1) is 0 Å². The Morgan fingerprint density at radius 1 is 1.24 bits per heavy atom. The molecule has 33 heavy (non-hydrogen) atoms. The third-order valence-electron chi connectivity index (χ3n) is 5.23. The molecule has 1 aliphatic rings. The Morgan fingerprint density at radius 2 is 2.12 bits per heavy atom. The number of fused-ring (bicyclic) bond motifs is 1. The number of aryl methyl sites for hydroxylation is 1. The summed E-state index contributed by atoms with van der Waals surface area (Å²) < 4.78 is 18.1. The molecule has 1 aliphatic carbocycles. The lowest BCUT2D eigenvalue weighted by molar-refractivity contribution is 0.0999. The van der Waals surface area contributed by atoms with Gasteiger partial charge >= 0.3 is 0 Å². The third kappa shape index (κ3) is 3.91. The maximum atomic E-state index is 14.8. The van der Waals surface area contributed by atoms with Crippen LogP contribution in [0, 0.1) is 12.7 Å². The first-order valence-corrected chi connectivity index (χ1v) is 10.3. The number of carbonyl (C=O) groups excluding carboxylic acids is 1. The highest BCUT2D eigenvalue weighted by Crippen LogP contribution is 2.19. The Morgan fingerprint density at radius 3 is 2.91 bits per heavy atom. The van der Waals surface area contributed by atoms with E-state index in [2.05, 4.69) is 20.4 Å². The summed E-state index contributed by atoms with van der Waals surface area (Å²) in [5.74, 6) is -0.996. The van der Waals surface area contributed by atoms with Gasteiger partial charge in [-0.05, 0) is 37.1 Å². The van der Waals surface area contributed by atoms with Crippen molar-refractivity contribution >= 4 is 29.7 Å². The molecule has 3 aromatic heterocycles. The van der Waals surface area contributed by atoms with Crippen LogP contribution in [0.25, 0.3) is 23.7 Å². The SMILES string of the molecule is Cc1cnn(-c2cccc(Nc3ncc(F)c(-n4cc(C(N)=O)c5c4=CCC=CC=5)n3)c2)c1. The van der Waals surface area contributed by atoms with E-state index < -0.39 is 11.7 Å². The molecule has 0 bridgehead atoms. The highest BCUT2D eigenvalue weighted by atomic mass is 19.1. The minimum atomic E-state index is -0.624. The van der Waals surface area contributed by atoms with E-state index in [1.807, 2.05) is 55.6 Å². The van der Waals surface area contributed by atoms with E-state index in [-0.39, 0.29) is 11.8 Å². The third-order valence-corrected chi connectivity index (χ3v) is 5.23. The van der Waals surface area contributed by atoms with E-state index in [1.54, 1.807) is 17.0 Å². The molecule has 3 heterocycles. The quantitative estimate of drug-likeness (QED) is 0.495. The summed E-state index contributed by atoms with van der Waals surface area (Å²) in [6, 6.07) is 7.55. The van der Waals surface area contributed by atoms with Crippen LogP contribution in [0.4, 0.5) is 16.0 Å². The van der Waals surface area contributed by atoms with Gasteiger partial charge in [-0.1, -0.05) is 30.4 Å². The molecule has 0 radical (unpaired) electrons. The van der Waals surface area contributed by atoms with Gasteiger partial charge in [0.1, 0.15) is 0 Å². The Hall–Kier alpha value is -4.53. The summed E-state index contributed by atoms with van der Waals surface area (Å²) in [7, 11) is 0. The number of aromatic nitrogens is 5. The summed E-state index contributed by atoms with van der Waals surface area (Å²) in [4.78, 5) is 20.5. The van der Waals surface area contributed by atoms with Gasteiger partial charge in [-0.3, -0.25) is 9.36 Å². The lowest BCUT2D eigenvalue weighted by atomic mass is 10.2. The maximum Gasteiger partial charge on any atom is 0.250 e. The summed E-state index contributed by atoms with van der Waals surface area (Å²) in [6.45, 7) is 1.97. The van der Waals surface area contributed by atoms with Crippen LogP contribution in [0.1, 0.15) is 22.3 Å². The number of nitrogens with two attached hydrogens (primary N) is 1. The van der Waals surface area contributed by atoms with Gasteiger partial charge in [0.15, 0.2) is 11.6 Å². The number of nitrogens with one attached hydrogen (secondary N) is 1. The van der Waals surface area contributed by atoms with Gasteiger partial charge in [0, 0.05) is 23.3 Å². The molecule has 5 rings (SSSR count). The lowest BCUT2D eigenvalue weighted by Gasteiger charge is -2.10. The van der Waals surface area contributed by atoms with Crippen LogP contribution in [-0.4, -0.2) is 30.2 Å². The van der Waals surface area contributed by atoms with E-state index in [9.17, 15) is 9.18 Å². The van der Waals surface area contributed by atoms with Gasteiger partial charge in [-0.2, -0.15) is 10.1 Å². The Kier molecular flexibility index (Phi) is 5.06. The number of rotatable bonds is 5. The first kappa shape index (κ1) is 20.4. The molecule has 4 aromatic rings. The predicted molar refractivity (Wildman–Crippen MR) is 123 cm³/mol. The molecular weight excluding hydrogens is 421 g/mol. The van der Waals surface area contributed by atoms with Crippen LogP contribution in [0.15, 0.2) is 61.2 Å². The fraction of sp³-hybridized carbons (Fsp3) is 0.0833. The molecule has 0 saturated carbocycles. The predicted octanol–water partition coefficient (Wildman–Crippen LogP) is 2.26. The van der Waals surface area contributed by atoms with Crippen molar-refractivity contribution in [3.05, 3.63) is 88.7 Å². The van der Waals surface area contributed by atoms with Crippen molar-refractivity contribution in [2.75, 3.05) is 5.32 Å². The molecule has 0 fully saturated rings. The van der Waals surface area contributed by atoms with Gasteiger partial charge in [0.25, 0.3) is 5.91 Å². The molecule has 0 aliphatic heterocycles. The number of nitrogens with zero attached hydrogens (tertiary/aromatic N) is 5. The van der Waals surface area contributed by atoms with Crippen LogP contribution in [0.3, 0.4) is 0 Å². The second-order valence-corrected chi connectivity index (χ2v) is 7.61. The van der Waals surface area contributed by atoms with E-state index >= 15 is 0 Å². The normalized spacial score (nSPS) is 12.4. The fourth-order valence-electron chi connectivity index (χ4n) is 3.71. The summed E-state index contributed by atoms with van der Waals surface area (Å²) in [6.07, 6.45) is 14.4. The minimum absolute atomic E-state index is 0.0154. The largest absolute Gasteiger partial charge is 0.366 e. The van der Waals surface area contributed by atoms with Crippen molar-refractivity contribution in [2.24, 2.45) is 5.73 Å². The van der Waals surface area contributed by atoms with Crippen LogP contribution in [0.5, 0.6) is 0 Å². The van der Waals surface area contributed by atoms with Gasteiger partial charge in [-0.25, -0.2) is 14.1 Å². The zero-order valence-corrected chi connectivity index (χ0v) is 17.7. The van der Waals surface area contributed by atoms with E-state index in [4.69, 9.17) is 5.73 Å². The Balaban J connectivity index is 1.55. The van der Waals surface area contributed by atoms with Crippen LogP contribution >= 0.6 is 0 Å². The van der Waals surface area contributed by atoms with Crippen LogP contribution in [-0.2, 0) is 0 Å². The topological polar surface area (TPSA) is 104 Å². The number of allylic oxidation sites excluding steroid dienone is 2. The molecule has 1 amide bonds. The molecule has 0 unspecified atom stereocenters. The molecule has 1 aromatic carbocycles. The molecule has 9 heteroatoms. The molecule has 3 N–H and O–H groups in total. The zero-order chi connectivity index (χ0) is 22.9. The molecule has 0 atom stereocenters. The van der Waals surface area contributed by atoms with E-state index in [0.717, 1.165) is 17.4 Å². The molecule has 0 spiro atoms. The van der Waals surface area contributed by atoms with E-state index in [1.165, 1.54) is 10.8 Å². The van der Waals surface area contributed by atoms with Gasteiger partial charge in [0.2, 0.25) is 5.95 Å². The summed E-state index contributed by atoms with van der Waals surface area (Å²) >= 11 is 0. The van der Waals surface area contributed by atoms with Crippen molar-refractivity contribution in [2.45, 2.75) is 13.3 Å². The Bertz CT molecular complexity index is 1530. The maximum absolute atomic E-state index is 14.8. The standard InChI is InChI=1S/C24H20FN7O/c1-15-11-28-32(13-15)17-7-5-6-16(10-17)29-24-27-12-20(25)23(30-24)31-14-19(22(26)33)18-8-3-2-4-9-21(18)31/h2-3,5-14H,4H2,1H3,(H2,26,33)(H,27,29,30). The summed E-state index contributed by atoms with van der Waals surface area (Å²) in [5, 5.41) is 8.71. The van der Waals surface area contributed by atoms with Gasteiger partial charge in [0.05, 0.1) is 29.0 Å². The highest BCUT2D eigenvalue weighted by Gasteiger charge is 2.16. The summed E-state index contributed by atoms with van der Waals surface area (Å²) in [5.41, 5.74) is 8.47. The number of halogens is 1. The monoisotopic (exact) mass is 441 g/mol. The number of primary amides is 1. The average molecular weight is 441 g/mol. The average Bonchev–Trinajstić information content (AvgIpc) is 3.31. The van der Waals surface area contributed by atoms with Crippen LogP contribution in [0.2, 0.25) is 0 Å². The van der Waals surface area contributed by atoms with Gasteiger partial charge < -0.3 is 11.1 Å². The first-order chi connectivity index (χ1) is 16.0. The van der Waals surface area contributed by atoms with Crippen molar-refractivity contribution in [1.29, 1.82) is 0 Å². The smallest absolute Gasteiger partial charge is 0.250 e.